The summed E-state index contributed by atoms with van der Waals surface area (Å²) in [7, 11) is 0. The number of carbonyl (C=O) groups excluding carboxylic acids is 2. The summed E-state index contributed by atoms with van der Waals surface area (Å²) in [6.45, 7) is 2.46. The van der Waals surface area contributed by atoms with Gasteiger partial charge in [0.1, 0.15) is 16.5 Å². The van der Waals surface area contributed by atoms with Crippen molar-refractivity contribution in [2.24, 2.45) is 0 Å². The van der Waals surface area contributed by atoms with Crippen molar-refractivity contribution >= 4 is 41.1 Å². The van der Waals surface area contributed by atoms with Crippen LogP contribution in [0.4, 0.5) is 4.79 Å². The van der Waals surface area contributed by atoms with Gasteiger partial charge in [0, 0.05) is 18.2 Å². The maximum Gasteiger partial charge on any atom is 0.407 e. The number of carbonyl (C=O) groups is 3. The van der Waals surface area contributed by atoms with Crippen LogP contribution in [0.5, 0.6) is 0 Å². The molecule has 0 spiro atoms. The van der Waals surface area contributed by atoms with Crippen molar-refractivity contribution in [2.75, 3.05) is 24.7 Å². The lowest BCUT2D eigenvalue weighted by Gasteiger charge is -2.14. The zero-order chi connectivity index (χ0) is 24.8. The van der Waals surface area contributed by atoms with E-state index in [9.17, 15) is 14.4 Å². The van der Waals surface area contributed by atoms with E-state index in [1.165, 1.54) is 22.9 Å². The molecular formula is C25H25N3O5S2. The Balaban J connectivity index is 1.14. The highest BCUT2D eigenvalue weighted by Crippen LogP contribution is 2.44. The zero-order valence-corrected chi connectivity index (χ0v) is 20.7. The molecule has 1 heterocycles. The number of hydrogen-bond acceptors (Lipinski definition) is 7. The lowest BCUT2D eigenvalue weighted by atomic mass is 9.98. The maximum atomic E-state index is 12.2. The van der Waals surface area contributed by atoms with Crippen LogP contribution < -0.4 is 10.6 Å². The van der Waals surface area contributed by atoms with Gasteiger partial charge in [-0.3, -0.25) is 4.79 Å². The topological polar surface area (TPSA) is 118 Å². The standard InChI is InChI=1S/C25H25N3O5S2/c1-15-23(24(30)31)35-22(28-15)12-27-21(29)14-34-11-10-26-25(32)33-13-20-18-8-4-2-6-16(18)17-7-3-5-9-19(17)20/h2-9,20H,10-14H2,1H3,(H,26,32)(H,27,29)(H,30,31). The first-order valence-corrected chi connectivity index (χ1v) is 13.0. The molecule has 2 amide bonds. The Labute approximate surface area is 211 Å². The van der Waals surface area contributed by atoms with Gasteiger partial charge in [-0.05, 0) is 29.2 Å². The molecule has 0 saturated carbocycles. The van der Waals surface area contributed by atoms with E-state index in [1.807, 2.05) is 24.3 Å². The van der Waals surface area contributed by atoms with E-state index in [-0.39, 0.29) is 35.6 Å². The number of thioether (sulfide) groups is 1. The number of benzene rings is 2. The second-order valence-corrected chi connectivity index (χ2v) is 10.1. The quantitative estimate of drug-likeness (QED) is 0.352. The minimum Gasteiger partial charge on any atom is -0.477 e. The van der Waals surface area contributed by atoms with Crippen LogP contribution in [-0.2, 0) is 16.1 Å². The average molecular weight is 512 g/mol. The van der Waals surface area contributed by atoms with Gasteiger partial charge < -0.3 is 20.5 Å². The summed E-state index contributed by atoms with van der Waals surface area (Å²) in [5, 5.41) is 15.1. The highest BCUT2D eigenvalue weighted by atomic mass is 32.2. The molecule has 35 heavy (non-hydrogen) atoms. The number of rotatable bonds is 10. The van der Waals surface area contributed by atoms with Crippen LogP contribution in [0.3, 0.4) is 0 Å². The van der Waals surface area contributed by atoms with Crippen LogP contribution in [-0.4, -0.2) is 52.7 Å². The Hall–Kier alpha value is -3.37. The molecule has 0 unspecified atom stereocenters. The molecule has 0 saturated heterocycles. The van der Waals surface area contributed by atoms with Gasteiger partial charge in [-0.15, -0.1) is 11.3 Å². The number of ether oxygens (including phenoxy) is 1. The molecule has 4 rings (SSSR count). The molecule has 1 aliphatic carbocycles. The number of aromatic carboxylic acids is 1. The summed E-state index contributed by atoms with van der Waals surface area (Å²) in [4.78, 5) is 39.6. The number of aromatic nitrogens is 1. The second-order valence-electron chi connectivity index (χ2n) is 7.91. The van der Waals surface area contributed by atoms with Gasteiger partial charge in [0.05, 0.1) is 18.0 Å². The lowest BCUT2D eigenvalue weighted by molar-refractivity contribution is -0.118. The smallest absolute Gasteiger partial charge is 0.407 e. The van der Waals surface area contributed by atoms with Crippen molar-refractivity contribution in [2.45, 2.75) is 19.4 Å². The molecule has 0 radical (unpaired) electrons. The second kappa shape index (κ2) is 11.4. The molecule has 10 heteroatoms. The third-order valence-corrected chi connectivity index (χ3v) is 7.67. The number of carboxylic acids is 1. The van der Waals surface area contributed by atoms with Gasteiger partial charge in [0.25, 0.3) is 0 Å². The van der Waals surface area contributed by atoms with E-state index in [1.54, 1.807) is 6.92 Å². The number of carboxylic acid groups (broad SMARTS) is 1. The van der Waals surface area contributed by atoms with Crippen molar-refractivity contribution in [1.29, 1.82) is 0 Å². The third kappa shape index (κ3) is 6.01. The van der Waals surface area contributed by atoms with E-state index in [0.29, 0.717) is 23.0 Å². The Morgan fingerprint density at radius 2 is 1.71 bits per heavy atom. The van der Waals surface area contributed by atoms with Crippen LogP contribution in [0.25, 0.3) is 11.1 Å². The zero-order valence-electron chi connectivity index (χ0n) is 19.1. The minimum atomic E-state index is -1.02. The summed E-state index contributed by atoms with van der Waals surface area (Å²) < 4.78 is 5.50. The lowest BCUT2D eigenvalue weighted by Crippen LogP contribution is -2.29. The van der Waals surface area contributed by atoms with E-state index in [0.717, 1.165) is 22.5 Å². The third-order valence-electron chi connectivity index (χ3n) is 5.56. The molecule has 0 bridgehead atoms. The van der Waals surface area contributed by atoms with E-state index in [4.69, 9.17) is 9.84 Å². The summed E-state index contributed by atoms with van der Waals surface area (Å²) in [6, 6.07) is 16.3. The molecule has 2 aromatic carbocycles. The fourth-order valence-corrected chi connectivity index (χ4v) is 5.51. The van der Waals surface area contributed by atoms with Crippen molar-refractivity contribution in [3.63, 3.8) is 0 Å². The normalized spacial score (nSPS) is 12.0. The van der Waals surface area contributed by atoms with Crippen LogP contribution >= 0.6 is 23.1 Å². The van der Waals surface area contributed by atoms with Crippen LogP contribution in [0, 0.1) is 6.92 Å². The summed E-state index contributed by atoms with van der Waals surface area (Å²) in [5.74, 6) is -0.406. The number of nitrogens with zero attached hydrogens (tertiary/aromatic N) is 1. The molecule has 1 aliphatic rings. The summed E-state index contributed by atoms with van der Waals surface area (Å²) >= 11 is 2.44. The van der Waals surface area contributed by atoms with Crippen LogP contribution in [0.1, 0.15) is 37.4 Å². The highest BCUT2D eigenvalue weighted by Gasteiger charge is 2.28. The number of fused-ring (bicyclic) bond motifs is 3. The average Bonchev–Trinajstić information content (AvgIpc) is 3.39. The Morgan fingerprint density at radius 3 is 2.34 bits per heavy atom. The van der Waals surface area contributed by atoms with Gasteiger partial charge in [0.2, 0.25) is 5.91 Å². The predicted molar refractivity (Wildman–Crippen MR) is 136 cm³/mol. The van der Waals surface area contributed by atoms with Crippen LogP contribution in [0.2, 0.25) is 0 Å². The minimum absolute atomic E-state index is 0.0134. The van der Waals surface area contributed by atoms with E-state index < -0.39 is 12.1 Å². The van der Waals surface area contributed by atoms with Gasteiger partial charge in [0.15, 0.2) is 0 Å². The Bertz CT molecular complexity index is 1200. The molecule has 0 aliphatic heterocycles. The molecule has 182 valence electrons. The van der Waals surface area contributed by atoms with Gasteiger partial charge in [-0.25, -0.2) is 14.6 Å². The van der Waals surface area contributed by atoms with Crippen molar-refractivity contribution in [3.05, 3.63) is 75.2 Å². The van der Waals surface area contributed by atoms with Crippen molar-refractivity contribution < 1.29 is 24.2 Å². The SMILES string of the molecule is Cc1nc(CNC(=O)CSCCNC(=O)OCC2c3ccccc3-c3ccccc32)sc1C(=O)O. The first-order valence-electron chi connectivity index (χ1n) is 11.1. The first-order chi connectivity index (χ1) is 16.9. The van der Waals surface area contributed by atoms with Crippen molar-refractivity contribution in [3.8, 4) is 11.1 Å². The summed E-state index contributed by atoms with van der Waals surface area (Å²) in [6.07, 6.45) is -0.481. The monoisotopic (exact) mass is 511 g/mol. The number of hydrogen-bond donors (Lipinski definition) is 3. The Kier molecular flexibility index (Phi) is 8.04. The highest BCUT2D eigenvalue weighted by molar-refractivity contribution is 7.99. The van der Waals surface area contributed by atoms with Gasteiger partial charge in [-0.1, -0.05) is 48.5 Å². The fraction of sp³-hybridized carbons (Fsp3) is 0.280. The largest absolute Gasteiger partial charge is 0.477 e. The number of thiazole rings is 1. The molecule has 3 aromatic rings. The predicted octanol–water partition coefficient (Wildman–Crippen LogP) is 4.04. The number of aryl methyl sites for hydroxylation is 1. The maximum absolute atomic E-state index is 12.2. The number of alkyl carbamates (subject to hydrolysis) is 1. The molecule has 8 nitrogen and oxygen atoms in total. The van der Waals surface area contributed by atoms with E-state index >= 15 is 0 Å². The fourth-order valence-electron chi connectivity index (χ4n) is 3.99. The van der Waals surface area contributed by atoms with Gasteiger partial charge in [-0.2, -0.15) is 11.8 Å². The molecule has 3 N–H and O–H groups in total. The molecule has 0 atom stereocenters. The van der Waals surface area contributed by atoms with E-state index in [2.05, 4.69) is 39.9 Å². The first kappa shape index (κ1) is 24.7. The van der Waals surface area contributed by atoms with Crippen molar-refractivity contribution in [1.82, 2.24) is 15.6 Å². The van der Waals surface area contributed by atoms with Gasteiger partial charge >= 0.3 is 12.1 Å². The van der Waals surface area contributed by atoms with Crippen LogP contribution in [0.15, 0.2) is 48.5 Å². The molecule has 1 aromatic heterocycles. The number of amides is 2. The molecule has 0 fully saturated rings. The molecular weight excluding hydrogens is 486 g/mol. The Morgan fingerprint density at radius 1 is 1.06 bits per heavy atom. The summed E-state index contributed by atoms with van der Waals surface area (Å²) in [5.41, 5.74) is 5.13. The number of nitrogens with one attached hydrogen (secondary N) is 2.